The fourth-order valence-corrected chi connectivity index (χ4v) is 14.4. The summed E-state index contributed by atoms with van der Waals surface area (Å²) in [6.07, 6.45) is 6.12. The Morgan fingerprint density at radius 2 is 1.82 bits per heavy atom. The van der Waals surface area contributed by atoms with E-state index in [2.05, 4.69) is 67.1 Å². The number of halogens is 2. The van der Waals surface area contributed by atoms with E-state index in [9.17, 15) is 13.6 Å². The molecule has 0 aliphatic carbocycles. The Morgan fingerprint density at radius 1 is 1.11 bits per heavy atom. The zero-order chi connectivity index (χ0) is 27.6. The third kappa shape index (κ3) is 5.32. The largest absolute Gasteiger partial charge is 0.434 e. The maximum Gasteiger partial charge on any atom is 0.387 e. The lowest BCUT2D eigenvalue weighted by Gasteiger charge is -2.42. The van der Waals surface area contributed by atoms with Crippen molar-refractivity contribution in [3.8, 4) is 17.0 Å². The average Bonchev–Trinajstić information content (AvgIpc) is 3.49. The lowest BCUT2D eigenvalue weighted by Crippen LogP contribution is -2.40. The number of hydrogen-bond acceptors (Lipinski definition) is 6. The molecule has 0 spiro atoms. The molecule has 0 radical (unpaired) electrons. The molecule has 38 heavy (non-hydrogen) atoms. The van der Waals surface area contributed by atoms with Crippen molar-refractivity contribution >= 4 is 35.7 Å². The number of benzene rings is 1. The number of fused-ring (bicyclic) bond motifs is 1. The summed E-state index contributed by atoms with van der Waals surface area (Å²) < 4.78 is 33.1. The van der Waals surface area contributed by atoms with Crippen LogP contribution in [0.4, 0.5) is 14.5 Å². The molecule has 0 saturated heterocycles. The lowest BCUT2D eigenvalue weighted by atomic mass is 10.1. The van der Waals surface area contributed by atoms with Gasteiger partial charge in [-0.25, -0.2) is 9.50 Å². The number of aromatic nitrogens is 5. The van der Waals surface area contributed by atoms with Crippen LogP contribution in [-0.4, -0.2) is 44.5 Å². The SMILES string of the molecule is CC(C)[Si](Sc1ccc(OC(F)F)c(-c2[nH]ncc2NC(=O)c2cnn3cccnc23)c1)(C(C)C)C(C)C. The number of carbonyl (C=O) groups is 1. The predicted molar refractivity (Wildman–Crippen MR) is 149 cm³/mol. The maximum atomic E-state index is 13.3. The van der Waals surface area contributed by atoms with Gasteiger partial charge in [-0.15, -0.1) is 0 Å². The van der Waals surface area contributed by atoms with Crippen molar-refractivity contribution in [2.75, 3.05) is 5.32 Å². The van der Waals surface area contributed by atoms with Gasteiger partial charge in [0.1, 0.15) is 18.5 Å². The van der Waals surface area contributed by atoms with Crippen LogP contribution in [0.15, 0.2) is 53.9 Å². The Hall–Kier alpha value is -3.25. The number of alkyl halides is 2. The molecule has 8 nitrogen and oxygen atoms in total. The molecule has 4 aromatic rings. The lowest BCUT2D eigenvalue weighted by molar-refractivity contribution is -0.0494. The first-order valence-corrected chi connectivity index (χ1v) is 16.2. The molecule has 1 aromatic carbocycles. The van der Waals surface area contributed by atoms with Gasteiger partial charge in [0, 0.05) is 22.9 Å². The monoisotopic (exact) mass is 558 g/mol. The van der Waals surface area contributed by atoms with Gasteiger partial charge in [-0.05, 0) is 40.9 Å². The highest BCUT2D eigenvalue weighted by atomic mass is 32.4. The summed E-state index contributed by atoms with van der Waals surface area (Å²) in [7, 11) is -1.91. The zero-order valence-corrected chi connectivity index (χ0v) is 24.0. The van der Waals surface area contributed by atoms with Gasteiger partial charge in [-0.1, -0.05) is 41.5 Å². The number of anilines is 1. The van der Waals surface area contributed by atoms with E-state index in [0.29, 0.717) is 39.2 Å². The second-order valence-electron chi connectivity index (χ2n) is 10.0. The summed E-state index contributed by atoms with van der Waals surface area (Å²) in [5, 5.41) is 13.9. The molecule has 202 valence electrons. The molecule has 0 unspecified atom stereocenters. The Balaban J connectivity index is 1.73. The van der Waals surface area contributed by atoms with Crippen LogP contribution >= 0.6 is 11.2 Å². The van der Waals surface area contributed by atoms with Gasteiger partial charge < -0.3 is 10.1 Å². The van der Waals surface area contributed by atoms with E-state index in [1.54, 1.807) is 24.5 Å². The van der Waals surface area contributed by atoms with Crippen molar-refractivity contribution in [2.45, 2.75) is 69.7 Å². The summed E-state index contributed by atoms with van der Waals surface area (Å²) in [5.41, 5.74) is 3.23. The van der Waals surface area contributed by atoms with E-state index >= 15 is 0 Å². The molecule has 1 amide bonds. The van der Waals surface area contributed by atoms with Gasteiger partial charge in [-0.3, -0.25) is 9.89 Å². The number of H-pyrrole nitrogens is 1. The number of aromatic amines is 1. The Morgan fingerprint density at radius 3 is 2.47 bits per heavy atom. The van der Waals surface area contributed by atoms with Gasteiger partial charge in [0.2, 0.25) is 0 Å². The van der Waals surface area contributed by atoms with Crippen molar-refractivity contribution in [1.29, 1.82) is 0 Å². The smallest absolute Gasteiger partial charge is 0.387 e. The summed E-state index contributed by atoms with van der Waals surface area (Å²) >= 11 is 1.87. The van der Waals surface area contributed by atoms with Crippen molar-refractivity contribution in [3.05, 3.63) is 54.6 Å². The number of nitrogens with zero attached hydrogens (tertiary/aromatic N) is 4. The van der Waals surface area contributed by atoms with Crippen LogP contribution in [-0.2, 0) is 0 Å². The molecule has 0 bridgehead atoms. The van der Waals surface area contributed by atoms with Crippen LogP contribution in [0, 0.1) is 0 Å². The van der Waals surface area contributed by atoms with Crippen LogP contribution in [0.5, 0.6) is 5.75 Å². The van der Waals surface area contributed by atoms with Crippen molar-refractivity contribution in [1.82, 2.24) is 24.8 Å². The second-order valence-corrected chi connectivity index (χ2v) is 18.6. The van der Waals surface area contributed by atoms with Crippen molar-refractivity contribution < 1.29 is 18.3 Å². The van der Waals surface area contributed by atoms with Crippen LogP contribution in [0.25, 0.3) is 16.9 Å². The first-order chi connectivity index (χ1) is 18.0. The molecule has 0 atom stereocenters. The van der Waals surface area contributed by atoms with E-state index in [4.69, 9.17) is 4.74 Å². The molecule has 12 heteroatoms. The van der Waals surface area contributed by atoms with Crippen LogP contribution in [0.3, 0.4) is 0 Å². The summed E-state index contributed by atoms with van der Waals surface area (Å²) in [6.45, 7) is 10.6. The number of ether oxygens (including phenoxy) is 1. The molecular formula is C26H32F2N6O2SSi. The quantitative estimate of drug-likeness (QED) is 0.199. The van der Waals surface area contributed by atoms with Gasteiger partial charge >= 0.3 is 6.61 Å². The van der Waals surface area contributed by atoms with Gasteiger partial charge in [-0.2, -0.15) is 30.2 Å². The van der Waals surface area contributed by atoms with E-state index < -0.39 is 19.7 Å². The normalized spacial score (nSPS) is 12.3. The Kier molecular flexibility index (Phi) is 8.21. The van der Waals surface area contributed by atoms with Crippen molar-refractivity contribution in [3.63, 3.8) is 0 Å². The van der Waals surface area contributed by atoms with Crippen molar-refractivity contribution in [2.24, 2.45) is 0 Å². The molecule has 4 rings (SSSR count). The number of carbonyl (C=O) groups excluding carboxylic acids is 1. The highest BCUT2D eigenvalue weighted by Crippen LogP contribution is 2.52. The number of rotatable bonds is 10. The Bertz CT molecular complexity index is 1400. The van der Waals surface area contributed by atoms with E-state index in [0.717, 1.165) is 4.90 Å². The standard InChI is InChI=1S/C26H32F2N6O2SSi/c1-15(2)38(16(3)4,17(5)6)37-18-8-9-22(36-26(27)28)19(12-18)23-21(14-30-33-23)32-25(35)20-13-31-34-11-7-10-29-24(20)34/h7-17,26H,1-6H3,(H,30,33)(H,32,35). The third-order valence-electron chi connectivity index (χ3n) is 6.85. The topological polar surface area (TPSA) is 97.2 Å². The van der Waals surface area contributed by atoms with Crippen LogP contribution in [0.1, 0.15) is 51.9 Å². The molecular weight excluding hydrogens is 526 g/mol. The van der Waals surface area contributed by atoms with E-state index in [-0.39, 0.29) is 11.3 Å². The summed E-state index contributed by atoms with van der Waals surface area (Å²) in [6, 6.07) is 6.95. The van der Waals surface area contributed by atoms with E-state index in [1.165, 1.54) is 16.9 Å². The predicted octanol–water partition coefficient (Wildman–Crippen LogP) is 7.24. The van der Waals surface area contributed by atoms with E-state index in [1.807, 2.05) is 23.3 Å². The Labute approximate surface area is 225 Å². The van der Waals surface area contributed by atoms with Gasteiger partial charge in [0.05, 0.1) is 23.8 Å². The van der Waals surface area contributed by atoms with Gasteiger partial charge in [0.15, 0.2) is 5.65 Å². The number of nitrogens with one attached hydrogen (secondary N) is 2. The number of amides is 1. The minimum atomic E-state index is -3.01. The molecule has 3 heterocycles. The fourth-order valence-electron chi connectivity index (χ4n) is 5.29. The molecule has 0 saturated carbocycles. The number of hydrogen-bond donors (Lipinski definition) is 2. The third-order valence-corrected chi connectivity index (χ3v) is 19.1. The summed E-state index contributed by atoms with van der Waals surface area (Å²) in [5.74, 6) is -0.457. The minimum Gasteiger partial charge on any atom is -0.434 e. The first kappa shape index (κ1) is 27.8. The molecule has 3 aromatic heterocycles. The zero-order valence-electron chi connectivity index (χ0n) is 22.2. The summed E-state index contributed by atoms with van der Waals surface area (Å²) in [4.78, 5) is 18.3. The molecule has 0 aliphatic heterocycles. The first-order valence-electron chi connectivity index (χ1n) is 12.5. The second kappa shape index (κ2) is 11.2. The minimum absolute atomic E-state index is 0.00680. The van der Waals surface area contributed by atoms with Crippen LogP contribution < -0.4 is 10.1 Å². The fraction of sp³-hybridized carbons (Fsp3) is 0.385. The molecule has 0 fully saturated rings. The molecule has 2 N–H and O–H groups in total. The maximum absolute atomic E-state index is 13.3. The van der Waals surface area contributed by atoms with Crippen LogP contribution in [0.2, 0.25) is 16.6 Å². The highest BCUT2D eigenvalue weighted by molar-refractivity contribution is 8.29. The average molecular weight is 559 g/mol. The molecule has 0 aliphatic rings. The van der Waals surface area contributed by atoms with Gasteiger partial charge in [0.25, 0.3) is 5.91 Å². The highest BCUT2D eigenvalue weighted by Gasteiger charge is 2.44.